The molecule has 2 nitrogen and oxygen atoms in total. The number of hydrogen-bond acceptors (Lipinski definition) is 1. The number of rotatable bonds is 4. The number of benzene rings is 6. The Kier molecular flexibility index (Phi) is 6.69. The molecule has 0 spiro atoms. The van der Waals surface area contributed by atoms with Gasteiger partial charge in [0.25, 0.3) is 0 Å². The van der Waals surface area contributed by atoms with E-state index in [2.05, 4.69) is 141 Å². The molecule has 0 bridgehead atoms. The van der Waals surface area contributed by atoms with Crippen molar-refractivity contribution in [2.75, 3.05) is 0 Å². The van der Waals surface area contributed by atoms with Crippen LogP contribution in [0.25, 0.3) is 66.6 Å². The fourth-order valence-corrected chi connectivity index (χ4v) is 5.90. The van der Waals surface area contributed by atoms with E-state index in [0.717, 1.165) is 28.5 Å². The van der Waals surface area contributed by atoms with Crippen LogP contribution in [-0.2, 0) is 0 Å². The van der Waals surface area contributed by atoms with Crippen molar-refractivity contribution < 1.29 is 0 Å². The lowest BCUT2D eigenvalue weighted by molar-refractivity contribution is 1.05. The van der Waals surface area contributed by atoms with Crippen molar-refractivity contribution in [2.45, 2.75) is 34.6 Å². The first-order chi connectivity index (χ1) is 19.6. The second kappa shape index (κ2) is 10.5. The minimum absolute atomic E-state index is 0.971. The van der Waals surface area contributed by atoms with Crippen LogP contribution in [0.1, 0.15) is 37.7 Å². The molecular weight excluding hydrogens is 484 g/mol. The predicted octanol–water partition coefficient (Wildman–Crippen LogP) is 10.8. The van der Waals surface area contributed by atoms with Crippen LogP contribution in [0.4, 0.5) is 0 Å². The van der Waals surface area contributed by atoms with Crippen LogP contribution in [0.15, 0.2) is 109 Å². The third-order valence-electron chi connectivity index (χ3n) is 7.70. The molecule has 0 amide bonds. The topological polar surface area (TPSA) is 17.8 Å². The molecule has 0 radical (unpaired) electrons. The van der Waals surface area contributed by atoms with Gasteiger partial charge in [-0.05, 0) is 88.5 Å². The van der Waals surface area contributed by atoms with Crippen LogP contribution >= 0.6 is 0 Å². The molecule has 196 valence electrons. The van der Waals surface area contributed by atoms with E-state index >= 15 is 0 Å². The Morgan fingerprint density at radius 3 is 1.82 bits per heavy atom. The van der Waals surface area contributed by atoms with E-state index in [4.69, 9.17) is 4.98 Å². The summed E-state index contributed by atoms with van der Waals surface area (Å²) >= 11 is 0. The number of aryl methyl sites for hydroxylation is 2. The van der Waals surface area contributed by atoms with Crippen LogP contribution in [0.5, 0.6) is 0 Å². The number of hydrogen-bond donors (Lipinski definition) is 0. The monoisotopic (exact) mass is 518 g/mol. The standard InChI is InChI=1S/C36H28N2.C2H6/c1-4-8-33-24(3)37-36(38(33)28-9-6-5-7-10-28)32-22-18-27-16-20-30-29(25-13-11-23(2)12-14-25)19-15-26-17-21-31(32)35(27)34(26)30;1-2/h4-22H,1-3H3;1-2H3/b8-4-;. The van der Waals surface area contributed by atoms with E-state index < -0.39 is 0 Å². The highest BCUT2D eigenvalue weighted by molar-refractivity contribution is 6.27. The third-order valence-corrected chi connectivity index (χ3v) is 7.70. The Labute approximate surface area is 236 Å². The van der Waals surface area contributed by atoms with E-state index in [9.17, 15) is 0 Å². The molecule has 1 heterocycles. The van der Waals surface area contributed by atoms with Crippen LogP contribution in [-0.4, -0.2) is 9.55 Å². The van der Waals surface area contributed by atoms with Crippen LogP contribution in [0.3, 0.4) is 0 Å². The Balaban J connectivity index is 0.00000142. The van der Waals surface area contributed by atoms with Crippen molar-refractivity contribution >= 4 is 38.4 Å². The van der Waals surface area contributed by atoms with Gasteiger partial charge < -0.3 is 0 Å². The molecule has 0 aliphatic carbocycles. The first-order valence-electron chi connectivity index (χ1n) is 14.2. The molecule has 0 aliphatic heterocycles. The highest BCUT2D eigenvalue weighted by Crippen LogP contribution is 2.42. The summed E-state index contributed by atoms with van der Waals surface area (Å²) in [7, 11) is 0. The molecule has 0 unspecified atom stereocenters. The fraction of sp³-hybridized carbons (Fsp3) is 0.132. The Hall–Kier alpha value is -4.69. The number of aromatic nitrogens is 2. The molecule has 7 aromatic rings. The van der Waals surface area contributed by atoms with Crippen molar-refractivity contribution in [2.24, 2.45) is 0 Å². The Bertz CT molecular complexity index is 1970. The lowest BCUT2D eigenvalue weighted by atomic mass is 9.88. The molecule has 1 aromatic heterocycles. The highest BCUT2D eigenvalue weighted by atomic mass is 15.1. The normalized spacial score (nSPS) is 11.5. The molecule has 0 fully saturated rings. The van der Waals surface area contributed by atoms with E-state index in [1.807, 2.05) is 13.8 Å². The van der Waals surface area contributed by atoms with Gasteiger partial charge in [-0.25, -0.2) is 4.98 Å². The van der Waals surface area contributed by atoms with E-state index in [1.54, 1.807) is 0 Å². The zero-order chi connectivity index (χ0) is 27.8. The first kappa shape index (κ1) is 25.6. The largest absolute Gasteiger partial charge is 0.293 e. The molecular formula is C38H34N2. The summed E-state index contributed by atoms with van der Waals surface area (Å²) in [4.78, 5) is 5.14. The summed E-state index contributed by atoms with van der Waals surface area (Å²) in [6.45, 7) is 10.3. The Morgan fingerprint density at radius 2 is 1.20 bits per heavy atom. The quantitative estimate of drug-likeness (QED) is 0.212. The van der Waals surface area contributed by atoms with Crippen molar-refractivity contribution in [3.63, 3.8) is 0 Å². The molecule has 7 rings (SSSR count). The third kappa shape index (κ3) is 4.08. The summed E-state index contributed by atoms with van der Waals surface area (Å²) in [5.74, 6) is 0.971. The second-order valence-electron chi connectivity index (χ2n) is 10.1. The zero-order valence-corrected chi connectivity index (χ0v) is 23.9. The molecule has 2 heteroatoms. The van der Waals surface area contributed by atoms with Crippen molar-refractivity contribution in [3.8, 4) is 28.2 Å². The van der Waals surface area contributed by atoms with Gasteiger partial charge in [0.05, 0.1) is 11.4 Å². The van der Waals surface area contributed by atoms with Gasteiger partial charge in [0.15, 0.2) is 0 Å². The maximum Gasteiger partial charge on any atom is 0.145 e. The Morgan fingerprint density at radius 1 is 0.625 bits per heavy atom. The van der Waals surface area contributed by atoms with E-state index in [1.165, 1.54) is 49.0 Å². The van der Waals surface area contributed by atoms with E-state index in [0.29, 0.717) is 0 Å². The molecule has 6 aromatic carbocycles. The number of imidazole rings is 1. The molecule has 0 atom stereocenters. The lowest BCUT2D eigenvalue weighted by Crippen LogP contribution is -2.00. The minimum atomic E-state index is 0.971. The number of nitrogens with zero attached hydrogens (tertiary/aromatic N) is 2. The molecule has 40 heavy (non-hydrogen) atoms. The fourth-order valence-electron chi connectivity index (χ4n) is 5.90. The summed E-state index contributed by atoms with van der Waals surface area (Å²) < 4.78 is 2.29. The summed E-state index contributed by atoms with van der Waals surface area (Å²) in [5, 5.41) is 7.67. The lowest BCUT2D eigenvalue weighted by Gasteiger charge is -2.17. The average molecular weight is 519 g/mol. The van der Waals surface area contributed by atoms with Gasteiger partial charge in [-0.2, -0.15) is 0 Å². The molecule has 0 saturated heterocycles. The van der Waals surface area contributed by atoms with Crippen LogP contribution in [0.2, 0.25) is 0 Å². The predicted molar refractivity (Wildman–Crippen MR) is 174 cm³/mol. The van der Waals surface area contributed by atoms with Gasteiger partial charge in [-0.3, -0.25) is 4.57 Å². The zero-order valence-electron chi connectivity index (χ0n) is 23.9. The van der Waals surface area contributed by atoms with Gasteiger partial charge in [-0.1, -0.05) is 110 Å². The highest BCUT2D eigenvalue weighted by Gasteiger charge is 2.20. The van der Waals surface area contributed by atoms with Gasteiger partial charge in [0.2, 0.25) is 0 Å². The molecule has 0 N–H and O–H groups in total. The average Bonchev–Trinajstić information content (AvgIpc) is 3.33. The van der Waals surface area contributed by atoms with Crippen molar-refractivity contribution in [1.82, 2.24) is 9.55 Å². The summed E-state index contributed by atoms with van der Waals surface area (Å²) in [6, 6.07) is 37.5. The van der Waals surface area contributed by atoms with Gasteiger partial charge >= 0.3 is 0 Å². The number of para-hydroxylation sites is 1. The number of allylic oxidation sites excluding steroid dienone is 1. The van der Waals surface area contributed by atoms with Gasteiger partial charge in [0, 0.05) is 11.3 Å². The van der Waals surface area contributed by atoms with Crippen molar-refractivity contribution in [3.05, 3.63) is 126 Å². The second-order valence-corrected chi connectivity index (χ2v) is 10.1. The van der Waals surface area contributed by atoms with Crippen LogP contribution < -0.4 is 0 Å². The summed E-state index contributed by atoms with van der Waals surface area (Å²) in [6.07, 6.45) is 4.24. The maximum absolute atomic E-state index is 5.14. The maximum atomic E-state index is 5.14. The minimum Gasteiger partial charge on any atom is -0.293 e. The van der Waals surface area contributed by atoms with Gasteiger partial charge in [0.1, 0.15) is 5.82 Å². The van der Waals surface area contributed by atoms with Crippen LogP contribution in [0, 0.1) is 13.8 Å². The summed E-state index contributed by atoms with van der Waals surface area (Å²) in [5.41, 5.74) is 8.20. The molecule has 0 aliphatic rings. The van der Waals surface area contributed by atoms with Crippen molar-refractivity contribution in [1.29, 1.82) is 0 Å². The molecule has 0 saturated carbocycles. The van der Waals surface area contributed by atoms with Gasteiger partial charge in [-0.15, -0.1) is 0 Å². The first-order valence-corrected chi connectivity index (χ1v) is 14.2. The van der Waals surface area contributed by atoms with E-state index in [-0.39, 0.29) is 0 Å². The SMILES string of the molecule is C/C=C\c1c(C)nc(-c2ccc3ccc4c(-c5ccc(C)cc5)ccc5ccc2c3c54)n1-c1ccccc1.CC. The smallest absolute Gasteiger partial charge is 0.145 e.